The molecule has 0 saturated heterocycles. The van der Waals surface area contributed by atoms with Crippen LogP contribution >= 0.6 is 0 Å². The Kier molecular flexibility index (Phi) is 3.36. The fraction of sp³-hybridized carbons (Fsp3) is 0.588. The van der Waals surface area contributed by atoms with E-state index < -0.39 is 0 Å². The smallest absolute Gasteiger partial charge is 0.331 e. The van der Waals surface area contributed by atoms with Crippen molar-refractivity contribution in [2.75, 3.05) is 0 Å². The van der Waals surface area contributed by atoms with Gasteiger partial charge in [-0.2, -0.15) is 5.10 Å². The quantitative estimate of drug-likeness (QED) is 0.665. The summed E-state index contributed by atoms with van der Waals surface area (Å²) in [4.78, 5) is 16.3. The van der Waals surface area contributed by atoms with Gasteiger partial charge in [0.25, 0.3) is 0 Å². The molecule has 4 aliphatic rings. The molecule has 5 heteroatoms. The van der Waals surface area contributed by atoms with Gasteiger partial charge in [0, 0.05) is 11.7 Å². The molecule has 1 heterocycles. The molecular formula is C17H22N4O. The van der Waals surface area contributed by atoms with Crippen LogP contribution in [0.25, 0.3) is 0 Å². The van der Waals surface area contributed by atoms with E-state index in [-0.39, 0.29) is 11.6 Å². The number of nitrogens with one attached hydrogen (secondary N) is 2. The number of rotatable bonds is 3. The number of carbonyl (C=O) groups excluding carboxylic acids is 1. The molecule has 1 aromatic heterocycles. The second kappa shape index (κ2) is 5.38. The summed E-state index contributed by atoms with van der Waals surface area (Å²) in [6.07, 6.45) is 10.8. The zero-order valence-corrected chi connectivity index (χ0v) is 12.7. The molecule has 4 aliphatic carbocycles. The van der Waals surface area contributed by atoms with Gasteiger partial charge < -0.3 is 5.32 Å². The lowest BCUT2D eigenvalue weighted by molar-refractivity contribution is -0.0135. The predicted molar refractivity (Wildman–Crippen MR) is 84.4 cm³/mol. The molecule has 22 heavy (non-hydrogen) atoms. The Morgan fingerprint density at radius 1 is 1.18 bits per heavy atom. The van der Waals surface area contributed by atoms with Crippen LogP contribution < -0.4 is 10.7 Å². The van der Waals surface area contributed by atoms with Gasteiger partial charge in [0.2, 0.25) is 0 Å². The molecule has 0 unspecified atom stereocenters. The van der Waals surface area contributed by atoms with Crippen molar-refractivity contribution in [1.82, 2.24) is 15.7 Å². The molecular weight excluding hydrogens is 276 g/mol. The van der Waals surface area contributed by atoms with Gasteiger partial charge in [-0.3, -0.25) is 4.98 Å². The molecule has 4 bridgehead atoms. The van der Waals surface area contributed by atoms with Crippen LogP contribution in [0.5, 0.6) is 0 Å². The lowest BCUT2D eigenvalue weighted by atomic mass is 9.53. The van der Waals surface area contributed by atoms with E-state index in [2.05, 4.69) is 20.8 Å². The SMILES string of the molecule is O=C(NN=Cc1ccccn1)NC12CC3CC(CC(C3)C1)C2. The molecule has 0 spiro atoms. The van der Waals surface area contributed by atoms with Gasteiger partial charge in [-0.25, -0.2) is 10.2 Å². The Bertz CT molecular complexity index is 548. The van der Waals surface area contributed by atoms with Crippen LogP contribution in [0.4, 0.5) is 4.79 Å². The maximum absolute atomic E-state index is 12.2. The van der Waals surface area contributed by atoms with E-state index in [4.69, 9.17) is 0 Å². The number of hydrazone groups is 1. The Balaban J connectivity index is 1.35. The topological polar surface area (TPSA) is 66.4 Å². The standard InChI is InChI=1S/C17H22N4O/c22-16(21-19-11-15-3-1-2-4-18-15)20-17-8-12-5-13(9-17)7-14(6-12)10-17/h1-4,11-14H,5-10H2,(H2,20,21,22). The van der Waals surface area contributed by atoms with Crippen molar-refractivity contribution in [3.63, 3.8) is 0 Å². The van der Waals surface area contributed by atoms with E-state index in [1.165, 1.54) is 19.3 Å². The third-order valence-corrected chi connectivity index (χ3v) is 5.47. The van der Waals surface area contributed by atoms with Gasteiger partial charge in [-0.15, -0.1) is 0 Å². The Morgan fingerprint density at radius 3 is 2.45 bits per heavy atom. The van der Waals surface area contributed by atoms with Gasteiger partial charge in [0.1, 0.15) is 0 Å². The van der Waals surface area contributed by atoms with Crippen molar-refractivity contribution < 1.29 is 4.79 Å². The first-order valence-corrected chi connectivity index (χ1v) is 8.23. The summed E-state index contributed by atoms with van der Waals surface area (Å²) in [5.74, 6) is 2.47. The summed E-state index contributed by atoms with van der Waals surface area (Å²) in [7, 11) is 0. The lowest BCUT2D eigenvalue weighted by Gasteiger charge is -2.56. The minimum atomic E-state index is -0.186. The molecule has 1 aromatic rings. The number of carbonyl (C=O) groups is 1. The summed E-state index contributed by atoms with van der Waals surface area (Å²) in [6.45, 7) is 0. The van der Waals surface area contributed by atoms with E-state index in [1.54, 1.807) is 12.4 Å². The van der Waals surface area contributed by atoms with E-state index in [0.717, 1.165) is 42.7 Å². The zero-order valence-electron chi connectivity index (χ0n) is 12.7. The normalized spacial score (nSPS) is 35.7. The predicted octanol–water partition coefficient (Wildman–Crippen LogP) is 2.68. The number of aromatic nitrogens is 1. The third-order valence-electron chi connectivity index (χ3n) is 5.47. The van der Waals surface area contributed by atoms with Crippen molar-refractivity contribution in [3.8, 4) is 0 Å². The Morgan fingerprint density at radius 2 is 1.86 bits per heavy atom. The molecule has 0 atom stereocenters. The first-order valence-electron chi connectivity index (χ1n) is 8.23. The van der Waals surface area contributed by atoms with E-state index in [9.17, 15) is 4.79 Å². The largest absolute Gasteiger partial charge is 0.335 e. The average Bonchev–Trinajstić information content (AvgIpc) is 2.46. The molecule has 0 aromatic carbocycles. The highest BCUT2D eigenvalue weighted by Crippen LogP contribution is 2.55. The third kappa shape index (κ3) is 2.72. The molecule has 4 saturated carbocycles. The van der Waals surface area contributed by atoms with E-state index in [0.29, 0.717) is 0 Å². The number of urea groups is 1. The molecule has 2 amide bonds. The lowest BCUT2D eigenvalue weighted by Crippen LogP contribution is -2.61. The fourth-order valence-electron chi connectivity index (χ4n) is 5.14. The zero-order chi connectivity index (χ0) is 15.0. The monoisotopic (exact) mass is 298 g/mol. The highest BCUT2D eigenvalue weighted by atomic mass is 16.2. The molecule has 116 valence electrons. The molecule has 5 rings (SSSR count). The highest BCUT2D eigenvalue weighted by Gasteiger charge is 2.51. The second-order valence-corrected chi connectivity index (χ2v) is 7.28. The van der Waals surface area contributed by atoms with Crippen LogP contribution in [0.2, 0.25) is 0 Å². The van der Waals surface area contributed by atoms with Crippen LogP contribution in [0.1, 0.15) is 44.2 Å². The minimum absolute atomic E-state index is 0.0271. The van der Waals surface area contributed by atoms with Gasteiger partial charge in [0.15, 0.2) is 0 Å². The van der Waals surface area contributed by atoms with Gasteiger partial charge in [-0.05, 0) is 68.4 Å². The molecule has 0 radical (unpaired) electrons. The maximum Gasteiger partial charge on any atom is 0.335 e. The van der Waals surface area contributed by atoms with Crippen molar-refractivity contribution in [2.45, 2.75) is 44.1 Å². The first kappa shape index (κ1) is 13.7. The summed E-state index contributed by atoms with van der Waals surface area (Å²) < 4.78 is 0. The summed E-state index contributed by atoms with van der Waals surface area (Å²) in [6, 6.07) is 5.41. The number of amides is 2. The van der Waals surface area contributed by atoms with Crippen molar-refractivity contribution in [1.29, 1.82) is 0 Å². The number of hydrogen-bond acceptors (Lipinski definition) is 3. The number of nitrogens with zero attached hydrogens (tertiary/aromatic N) is 2. The Labute approximate surface area is 130 Å². The average molecular weight is 298 g/mol. The highest BCUT2D eigenvalue weighted by molar-refractivity contribution is 5.80. The van der Waals surface area contributed by atoms with Crippen molar-refractivity contribution in [3.05, 3.63) is 30.1 Å². The first-order chi connectivity index (χ1) is 10.7. The minimum Gasteiger partial charge on any atom is -0.331 e. The van der Waals surface area contributed by atoms with Crippen LogP contribution in [-0.4, -0.2) is 22.8 Å². The van der Waals surface area contributed by atoms with Gasteiger partial charge >= 0.3 is 6.03 Å². The second-order valence-electron chi connectivity index (χ2n) is 7.28. The van der Waals surface area contributed by atoms with E-state index >= 15 is 0 Å². The van der Waals surface area contributed by atoms with Gasteiger partial charge in [0.05, 0.1) is 11.9 Å². The molecule has 0 aliphatic heterocycles. The van der Waals surface area contributed by atoms with E-state index in [1.807, 2.05) is 18.2 Å². The summed E-state index contributed by atoms with van der Waals surface area (Å²) >= 11 is 0. The summed E-state index contributed by atoms with van der Waals surface area (Å²) in [5, 5.41) is 7.22. The van der Waals surface area contributed by atoms with Crippen LogP contribution in [0.15, 0.2) is 29.5 Å². The summed E-state index contributed by atoms with van der Waals surface area (Å²) in [5.41, 5.74) is 3.35. The molecule has 4 fully saturated rings. The number of pyridine rings is 1. The van der Waals surface area contributed by atoms with Crippen molar-refractivity contribution in [2.24, 2.45) is 22.9 Å². The Hall–Kier alpha value is -1.91. The van der Waals surface area contributed by atoms with Crippen molar-refractivity contribution >= 4 is 12.2 Å². The van der Waals surface area contributed by atoms with Crippen LogP contribution in [0, 0.1) is 17.8 Å². The fourth-order valence-corrected chi connectivity index (χ4v) is 5.14. The van der Waals surface area contributed by atoms with Crippen LogP contribution in [0.3, 0.4) is 0 Å². The molecule has 5 nitrogen and oxygen atoms in total. The van der Waals surface area contributed by atoms with Gasteiger partial charge in [-0.1, -0.05) is 6.07 Å². The maximum atomic E-state index is 12.2. The number of hydrogen-bond donors (Lipinski definition) is 2. The van der Waals surface area contributed by atoms with Crippen LogP contribution in [-0.2, 0) is 0 Å². The molecule has 2 N–H and O–H groups in total.